The smallest absolute Gasteiger partial charge is 0.444 e. The summed E-state index contributed by atoms with van der Waals surface area (Å²) in [6.07, 6.45) is -1.79. The molecule has 0 spiro atoms. The molecule has 8 heteroatoms. The van der Waals surface area contributed by atoms with Crippen molar-refractivity contribution in [3.8, 4) is 6.57 Å². The fourth-order valence-electron chi connectivity index (χ4n) is 2.90. The molecule has 1 amide bonds. The van der Waals surface area contributed by atoms with Crippen LogP contribution in [-0.2, 0) is 23.7 Å². The van der Waals surface area contributed by atoms with E-state index in [2.05, 4.69) is 4.85 Å². The minimum absolute atomic E-state index is 0.0869. The first-order chi connectivity index (χ1) is 10.2. The molecule has 0 aliphatic carbocycles. The predicted octanol–water partition coefficient (Wildman–Crippen LogP) is 0.853. The highest BCUT2D eigenvalue weighted by molar-refractivity contribution is 5.94. The number of rotatable bonds is 2. The van der Waals surface area contributed by atoms with E-state index in [1.165, 1.54) is 14.2 Å². The second-order valence-corrected chi connectivity index (χ2v) is 6.24. The third kappa shape index (κ3) is 2.08. The summed E-state index contributed by atoms with van der Waals surface area (Å²) >= 11 is 0. The first-order valence-corrected chi connectivity index (χ1v) is 6.85. The topological polar surface area (TPSA) is 78.7 Å². The summed E-state index contributed by atoms with van der Waals surface area (Å²) in [5.74, 6) is -1.81. The molecule has 0 radical (unpaired) electrons. The largest absolute Gasteiger partial charge is 0.449 e. The maximum atomic E-state index is 12.5. The number of ether oxygens (including phenoxy) is 4. The van der Waals surface area contributed by atoms with E-state index in [4.69, 9.17) is 25.5 Å². The summed E-state index contributed by atoms with van der Waals surface area (Å²) in [6.45, 7) is 10.4. The molecule has 2 fully saturated rings. The molecule has 2 aliphatic rings. The van der Waals surface area contributed by atoms with E-state index >= 15 is 0 Å². The van der Waals surface area contributed by atoms with Crippen molar-refractivity contribution < 1.29 is 28.5 Å². The molecule has 0 bridgehead atoms. The Bertz CT molecular complexity index is 530. The van der Waals surface area contributed by atoms with Crippen LogP contribution in [0.15, 0.2) is 0 Å². The van der Waals surface area contributed by atoms with Crippen LogP contribution in [0, 0.1) is 6.57 Å². The first kappa shape index (κ1) is 16.7. The summed E-state index contributed by atoms with van der Waals surface area (Å²) in [4.78, 5) is 29.6. The third-order valence-corrected chi connectivity index (χ3v) is 3.85. The number of ketones is 1. The monoisotopic (exact) mass is 313 g/mol. The zero-order valence-corrected chi connectivity index (χ0v) is 13.4. The molecule has 2 rings (SSSR count). The Morgan fingerprint density at radius 3 is 2.45 bits per heavy atom. The van der Waals surface area contributed by atoms with Crippen molar-refractivity contribution in [2.75, 3.05) is 27.4 Å². The molecule has 2 saturated heterocycles. The Kier molecular flexibility index (Phi) is 3.94. The second-order valence-electron chi connectivity index (χ2n) is 6.24. The lowest BCUT2D eigenvalue weighted by molar-refractivity contribution is -0.243. The van der Waals surface area contributed by atoms with Gasteiger partial charge in [0, 0.05) is 14.2 Å². The third-order valence-electron chi connectivity index (χ3n) is 3.85. The molecule has 0 aromatic carbocycles. The summed E-state index contributed by atoms with van der Waals surface area (Å²) in [5.41, 5.74) is -2.35. The molecule has 22 heavy (non-hydrogen) atoms. The minimum Gasteiger partial charge on any atom is -0.444 e. The van der Waals surface area contributed by atoms with E-state index in [1.807, 2.05) is 0 Å². The van der Waals surface area contributed by atoms with Gasteiger partial charge in [-0.2, -0.15) is 0 Å². The van der Waals surface area contributed by atoms with Crippen LogP contribution in [0.5, 0.6) is 0 Å². The molecular weight excluding hydrogens is 292 g/mol. The standard InChI is InChI=1S/C14H21N2O6/c1-12(2,3)22-11(18)16-7-9(17)10-14(16,15-4)13(19-5,20-6)8-21-10/h4,10H,7-8H2,1-3,5-6H3/q+1/t10-,14+/m1/s1. The van der Waals surface area contributed by atoms with E-state index in [-0.39, 0.29) is 18.9 Å². The molecule has 0 aromatic heterocycles. The molecule has 122 valence electrons. The van der Waals surface area contributed by atoms with Crippen molar-refractivity contribution in [1.82, 2.24) is 4.90 Å². The Balaban J connectivity index is 2.49. The van der Waals surface area contributed by atoms with Gasteiger partial charge >= 0.3 is 17.5 Å². The maximum absolute atomic E-state index is 12.5. The number of methoxy groups -OCH3 is 2. The van der Waals surface area contributed by atoms with E-state index in [0.717, 1.165) is 4.90 Å². The lowest BCUT2D eigenvalue weighted by atomic mass is 9.97. The molecule has 0 aromatic rings. The van der Waals surface area contributed by atoms with Crippen LogP contribution in [0.25, 0.3) is 4.85 Å². The number of carbonyl (C=O) groups excluding carboxylic acids is 2. The second kappa shape index (κ2) is 5.19. The quantitative estimate of drug-likeness (QED) is 0.703. The van der Waals surface area contributed by atoms with E-state index in [9.17, 15) is 9.59 Å². The number of nitrogens with zero attached hydrogens (tertiary/aromatic N) is 2. The molecule has 8 nitrogen and oxygen atoms in total. The fourth-order valence-corrected chi connectivity index (χ4v) is 2.90. The van der Waals surface area contributed by atoms with Crippen LogP contribution >= 0.6 is 0 Å². The normalized spacial score (nSPS) is 30.1. The highest BCUT2D eigenvalue weighted by Crippen LogP contribution is 2.48. The number of likely N-dealkylation sites (tertiary alicyclic amines) is 1. The van der Waals surface area contributed by atoms with Crippen molar-refractivity contribution in [3.63, 3.8) is 0 Å². The average molecular weight is 313 g/mol. The minimum atomic E-state index is -1.62. The van der Waals surface area contributed by atoms with Crippen LogP contribution < -0.4 is 0 Å². The number of hydrogen-bond acceptors (Lipinski definition) is 6. The SMILES string of the molecule is C#[N+][C@]12[C@H](OCC1(OC)OC)C(=O)CN2C(=O)OC(C)(C)C. The van der Waals surface area contributed by atoms with Crippen molar-refractivity contribution in [3.05, 3.63) is 4.85 Å². The van der Waals surface area contributed by atoms with Gasteiger partial charge in [0.1, 0.15) is 12.2 Å². The highest BCUT2D eigenvalue weighted by Gasteiger charge is 2.83. The van der Waals surface area contributed by atoms with Gasteiger partial charge in [0.15, 0.2) is 5.78 Å². The maximum Gasteiger partial charge on any atom is 0.449 e. The van der Waals surface area contributed by atoms with Crippen molar-refractivity contribution in [2.45, 2.75) is 43.9 Å². The summed E-state index contributed by atoms with van der Waals surface area (Å²) in [6, 6.07) is 0. The van der Waals surface area contributed by atoms with Crippen LogP contribution in [0.4, 0.5) is 4.79 Å². The Hall–Kier alpha value is -1.69. The molecule has 0 saturated carbocycles. The Morgan fingerprint density at radius 1 is 1.41 bits per heavy atom. The van der Waals surface area contributed by atoms with E-state index in [1.54, 1.807) is 20.8 Å². The number of carbonyl (C=O) groups is 2. The number of amides is 1. The van der Waals surface area contributed by atoms with Crippen molar-refractivity contribution in [1.29, 1.82) is 0 Å². The van der Waals surface area contributed by atoms with Crippen LogP contribution in [0.1, 0.15) is 20.8 Å². The highest BCUT2D eigenvalue weighted by atomic mass is 16.7. The summed E-state index contributed by atoms with van der Waals surface area (Å²) in [5, 5.41) is 0. The van der Waals surface area contributed by atoms with Gasteiger partial charge in [-0.3, -0.25) is 4.79 Å². The molecule has 0 N–H and O–H groups in total. The lowest BCUT2D eigenvalue weighted by Crippen LogP contribution is -2.64. The molecule has 0 unspecified atom stereocenters. The Morgan fingerprint density at radius 2 is 2.00 bits per heavy atom. The van der Waals surface area contributed by atoms with Gasteiger partial charge in [-0.05, 0) is 25.6 Å². The van der Waals surface area contributed by atoms with Crippen LogP contribution in [-0.4, -0.2) is 67.3 Å². The fraction of sp³-hybridized carbons (Fsp3) is 0.786. The average Bonchev–Trinajstić information content (AvgIpc) is 2.91. The van der Waals surface area contributed by atoms with Crippen LogP contribution in [0.2, 0.25) is 0 Å². The summed E-state index contributed by atoms with van der Waals surface area (Å²) in [7, 11) is 2.75. The van der Waals surface area contributed by atoms with Crippen LogP contribution in [0.3, 0.4) is 0 Å². The first-order valence-electron chi connectivity index (χ1n) is 6.85. The summed E-state index contributed by atoms with van der Waals surface area (Å²) < 4.78 is 21.6. The molecular formula is C14H21N2O6+. The number of Topliss-reactive ketones (excluding diaryl/α,β-unsaturated/α-hetero) is 1. The van der Waals surface area contributed by atoms with Crippen molar-refractivity contribution in [2.24, 2.45) is 0 Å². The zero-order chi connectivity index (χ0) is 16.8. The number of fused-ring (bicyclic) bond motifs is 1. The molecule has 2 heterocycles. The molecule has 2 atom stereocenters. The molecule has 2 aliphatic heterocycles. The van der Waals surface area contributed by atoms with E-state index < -0.39 is 29.2 Å². The zero-order valence-electron chi connectivity index (χ0n) is 13.4. The van der Waals surface area contributed by atoms with Gasteiger partial charge in [-0.1, -0.05) is 0 Å². The van der Waals surface area contributed by atoms with E-state index in [0.29, 0.717) is 0 Å². The van der Waals surface area contributed by atoms with Gasteiger partial charge in [-0.15, -0.1) is 0 Å². The van der Waals surface area contributed by atoms with Gasteiger partial charge < -0.3 is 18.9 Å². The van der Waals surface area contributed by atoms with Gasteiger partial charge in [-0.25, -0.2) is 9.69 Å². The van der Waals surface area contributed by atoms with Gasteiger partial charge in [0.2, 0.25) is 6.10 Å². The Labute approximate surface area is 129 Å². The number of hydrogen-bond donors (Lipinski definition) is 0. The van der Waals surface area contributed by atoms with Crippen molar-refractivity contribution >= 4 is 11.9 Å². The predicted molar refractivity (Wildman–Crippen MR) is 75.5 cm³/mol. The lowest BCUT2D eigenvalue weighted by Gasteiger charge is -2.34. The van der Waals surface area contributed by atoms with Gasteiger partial charge in [0.25, 0.3) is 6.57 Å². The van der Waals surface area contributed by atoms with Gasteiger partial charge in [0.05, 0.1) is 6.54 Å².